The second kappa shape index (κ2) is 7.27. The topological polar surface area (TPSA) is 66.5 Å². The summed E-state index contributed by atoms with van der Waals surface area (Å²) in [6.07, 6.45) is 1.11. The number of amides is 1. The highest BCUT2D eigenvalue weighted by molar-refractivity contribution is 7.92. The first kappa shape index (κ1) is 19.0. The molecule has 1 N–H and O–H groups in total. The van der Waals surface area contributed by atoms with Crippen LogP contribution in [0.2, 0.25) is 0 Å². The molecule has 2 rings (SSSR count). The molecule has 5 nitrogen and oxygen atoms in total. The van der Waals surface area contributed by atoms with Gasteiger partial charge in [0.2, 0.25) is 15.9 Å². The summed E-state index contributed by atoms with van der Waals surface area (Å²) in [6, 6.07) is 11.3. The Labute approximate surface area is 149 Å². The number of hydrogen-bond donors (Lipinski definition) is 1. The molecule has 134 valence electrons. The van der Waals surface area contributed by atoms with E-state index in [1.165, 1.54) is 0 Å². The Balaban J connectivity index is 2.28. The number of carbonyl (C=O) groups is 1. The molecule has 0 bridgehead atoms. The minimum atomic E-state index is -3.59. The van der Waals surface area contributed by atoms with Gasteiger partial charge in [0.05, 0.1) is 11.9 Å². The lowest BCUT2D eigenvalue weighted by molar-refractivity contribution is -0.114. The minimum absolute atomic E-state index is 0.268. The van der Waals surface area contributed by atoms with Crippen LogP contribution < -0.4 is 9.62 Å². The zero-order chi connectivity index (χ0) is 18.8. The van der Waals surface area contributed by atoms with Crippen LogP contribution in [0.5, 0.6) is 0 Å². The average molecular weight is 360 g/mol. The van der Waals surface area contributed by atoms with Gasteiger partial charge in [0.25, 0.3) is 0 Å². The van der Waals surface area contributed by atoms with E-state index >= 15 is 0 Å². The van der Waals surface area contributed by atoms with E-state index in [9.17, 15) is 13.2 Å². The Hall–Kier alpha value is -2.34. The summed E-state index contributed by atoms with van der Waals surface area (Å²) in [7, 11) is -3.59. The first-order valence-electron chi connectivity index (χ1n) is 7.99. The fourth-order valence-electron chi connectivity index (χ4n) is 2.75. The van der Waals surface area contributed by atoms with Gasteiger partial charge in [-0.25, -0.2) is 8.42 Å². The van der Waals surface area contributed by atoms with Gasteiger partial charge in [0.1, 0.15) is 6.54 Å². The lowest BCUT2D eigenvalue weighted by Gasteiger charge is -2.24. The van der Waals surface area contributed by atoms with Gasteiger partial charge in [-0.1, -0.05) is 18.2 Å². The van der Waals surface area contributed by atoms with Gasteiger partial charge in [-0.2, -0.15) is 0 Å². The first-order chi connectivity index (χ1) is 11.6. The maximum Gasteiger partial charge on any atom is 0.245 e. The zero-order valence-corrected chi connectivity index (χ0v) is 16.1. The van der Waals surface area contributed by atoms with Crippen LogP contribution in [0.4, 0.5) is 11.4 Å². The highest BCUT2D eigenvalue weighted by Gasteiger charge is 2.22. The number of anilines is 2. The number of nitrogens with one attached hydrogen (secondary N) is 1. The molecule has 2 aromatic carbocycles. The summed E-state index contributed by atoms with van der Waals surface area (Å²) < 4.78 is 25.6. The molecule has 0 fully saturated rings. The van der Waals surface area contributed by atoms with E-state index in [0.29, 0.717) is 11.4 Å². The lowest BCUT2D eigenvalue weighted by Crippen LogP contribution is -2.38. The van der Waals surface area contributed by atoms with E-state index in [1.54, 1.807) is 6.07 Å². The van der Waals surface area contributed by atoms with Gasteiger partial charge in [-0.15, -0.1) is 0 Å². The third-order valence-electron chi connectivity index (χ3n) is 3.83. The van der Waals surface area contributed by atoms with Crippen molar-refractivity contribution in [3.63, 3.8) is 0 Å². The fraction of sp³-hybridized carbons (Fsp3) is 0.316. The smallest absolute Gasteiger partial charge is 0.245 e. The van der Waals surface area contributed by atoms with Crippen molar-refractivity contribution in [2.24, 2.45) is 0 Å². The number of aryl methyl sites for hydroxylation is 4. The molecule has 0 aromatic heterocycles. The molecule has 0 heterocycles. The number of benzene rings is 2. The molecule has 6 heteroatoms. The lowest BCUT2D eigenvalue weighted by atomic mass is 10.1. The molecule has 25 heavy (non-hydrogen) atoms. The molecule has 1 amide bonds. The summed E-state index contributed by atoms with van der Waals surface area (Å²) in [5, 5.41) is 2.78. The number of nitrogens with zero attached hydrogens (tertiary/aromatic N) is 1. The summed E-state index contributed by atoms with van der Waals surface area (Å²) in [4.78, 5) is 12.4. The standard InChI is InChI=1S/C19H24N2O3S/c1-13-6-7-16(4)18(11-13)21(25(5,23)24)12-19(22)20-17-9-14(2)8-15(3)10-17/h6-11H,12H2,1-5H3,(H,20,22). The zero-order valence-electron chi connectivity index (χ0n) is 15.3. The van der Waals surface area contributed by atoms with E-state index in [2.05, 4.69) is 5.32 Å². The van der Waals surface area contributed by atoms with Crippen LogP contribution in [0.25, 0.3) is 0 Å². The summed E-state index contributed by atoms with van der Waals surface area (Å²) in [5.41, 5.74) is 4.99. The monoisotopic (exact) mass is 360 g/mol. The Bertz CT molecular complexity index is 885. The second-order valence-corrected chi connectivity index (χ2v) is 8.39. The van der Waals surface area contributed by atoms with Crippen molar-refractivity contribution in [2.75, 3.05) is 22.4 Å². The van der Waals surface area contributed by atoms with Crippen molar-refractivity contribution in [1.29, 1.82) is 0 Å². The maximum absolute atomic E-state index is 12.4. The van der Waals surface area contributed by atoms with Gasteiger partial charge in [-0.3, -0.25) is 9.10 Å². The van der Waals surface area contributed by atoms with Crippen molar-refractivity contribution in [2.45, 2.75) is 27.7 Å². The fourth-order valence-corrected chi connectivity index (χ4v) is 3.65. The number of rotatable bonds is 5. The van der Waals surface area contributed by atoms with Gasteiger partial charge in [0.15, 0.2) is 0 Å². The van der Waals surface area contributed by atoms with Crippen LogP contribution in [0, 0.1) is 27.7 Å². The second-order valence-electron chi connectivity index (χ2n) is 6.48. The van der Waals surface area contributed by atoms with E-state index in [4.69, 9.17) is 0 Å². The Kier molecular flexibility index (Phi) is 5.52. The molecule has 0 atom stereocenters. The van der Waals surface area contributed by atoms with Crippen molar-refractivity contribution in [3.8, 4) is 0 Å². The van der Waals surface area contributed by atoms with Crippen LogP contribution in [-0.4, -0.2) is 27.1 Å². The maximum atomic E-state index is 12.4. The third kappa shape index (κ3) is 5.06. The molecule has 0 radical (unpaired) electrons. The molecular weight excluding hydrogens is 336 g/mol. The van der Waals surface area contributed by atoms with Crippen LogP contribution in [0.15, 0.2) is 36.4 Å². The van der Waals surface area contributed by atoms with Crippen LogP contribution in [0.1, 0.15) is 22.3 Å². The molecule has 0 saturated carbocycles. The Morgan fingerprint density at radius 3 is 2.12 bits per heavy atom. The quantitative estimate of drug-likeness (QED) is 0.889. The summed E-state index contributed by atoms with van der Waals surface area (Å²) >= 11 is 0. The van der Waals surface area contributed by atoms with Gasteiger partial charge >= 0.3 is 0 Å². The van der Waals surface area contributed by atoms with Crippen LogP contribution in [-0.2, 0) is 14.8 Å². The summed E-state index contributed by atoms with van der Waals surface area (Å²) in [5.74, 6) is -0.378. The van der Waals surface area contributed by atoms with Gasteiger partial charge in [-0.05, 0) is 68.1 Å². The SMILES string of the molecule is Cc1cc(C)cc(NC(=O)CN(c2cc(C)ccc2C)S(C)(=O)=O)c1. The molecule has 0 saturated heterocycles. The molecule has 0 aliphatic heterocycles. The van der Waals surface area contributed by atoms with Crippen molar-refractivity contribution in [3.05, 3.63) is 58.7 Å². The average Bonchev–Trinajstić information content (AvgIpc) is 2.45. The number of carbonyl (C=O) groups excluding carboxylic acids is 1. The van der Waals surface area contributed by atoms with E-state index in [1.807, 2.05) is 58.0 Å². The normalized spacial score (nSPS) is 11.2. The molecule has 0 unspecified atom stereocenters. The van der Waals surface area contributed by atoms with Crippen molar-refractivity contribution in [1.82, 2.24) is 0 Å². The van der Waals surface area contributed by atoms with Crippen LogP contribution in [0.3, 0.4) is 0 Å². The predicted octanol–water partition coefficient (Wildman–Crippen LogP) is 3.32. The molecule has 0 spiro atoms. The highest BCUT2D eigenvalue weighted by atomic mass is 32.2. The first-order valence-corrected chi connectivity index (χ1v) is 9.84. The number of hydrogen-bond acceptors (Lipinski definition) is 3. The number of sulfonamides is 1. The molecule has 2 aromatic rings. The van der Waals surface area contributed by atoms with E-state index < -0.39 is 10.0 Å². The molecule has 0 aliphatic rings. The Morgan fingerprint density at radius 1 is 0.960 bits per heavy atom. The third-order valence-corrected chi connectivity index (χ3v) is 4.95. The van der Waals surface area contributed by atoms with E-state index in [0.717, 1.165) is 32.8 Å². The molecule has 0 aliphatic carbocycles. The largest absolute Gasteiger partial charge is 0.324 e. The van der Waals surface area contributed by atoms with Gasteiger partial charge < -0.3 is 5.32 Å². The highest BCUT2D eigenvalue weighted by Crippen LogP contribution is 2.24. The predicted molar refractivity (Wildman–Crippen MR) is 103 cm³/mol. The van der Waals surface area contributed by atoms with E-state index in [-0.39, 0.29) is 12.5 Å². The summed E-state index contributed by atoms with van der Waals surface area (Å²) in [6.45, 7) is 7.34. The van der Waals surface area contributed by atoms with Crippen molar-refractivity contribution >= 4 is 27.3 Å². The molecular formula is C19H24N2O3S. The minimum Gasteiger partial charge on any atom is -0.324 e. The van der Waals surface area contributed by atoms with Crippen LogP contribution >= 0.6 is 0 Å². The Morgan fingerprint density at radius 2 is 1.56 bits per heavy atom. The van der Waals surface area contributed by atoms with Gasteiger partial charge in [0, 0.05) is 5.69 Å². The van der Waals surface area contributed by atoms with Crippen molar-refractivity contribution < 1.29 is 13.2 Å².